The number of amides is 1. The minimum Gasteiger partial charge on any atom is -0.367 e. The van der Waals surface area contributed by atoms with Crippen molar-refractivity contribution in [1.29, 1.82) is 0 Å². The summed E-state index contributed by atoms with van der Waals surface area (Å²) >= 11 is 0. The summed E-state index contributed by atoms with van der Waals surface area (Å²) in [6.07, 6.45) is -2.59. The summed E-state index contributed by atoms with van der Waals surface area (Å²) in [6, 6.07) is -0.499. The first-order valence-electron chi connectivity index (χ1n) is 9.73. The molecule has 0 spiro atoms. The predicted octanol–water partition coefficient (Wildman–Crippen LogP) is 3.20. The van der Waals surface area contributed by atoms with Gasteiger partial charge < -0.3 is 10.2 Å². The molecule has 7 nitrogen and oxygen atoms in total. The second kappa shape index (κ2) is 6.77. The molecule has 1 fully saturated rings. The number of rotatable bonds is 4. The van der Waals surface area contributed by atoms with Crippen LogP contribution in [0.1, 0.15) is 52.7 Å². The van der Waals surface area contributed by atoms with Crippen LogP contribution in [0.4, 0.5) is 19.0 Å². The molecule has 29 heavy (non-hydrogen) atoms. The number of nitrogens with zero attached hydrogens (tertiary/aromatic N) is 5. The van der Waals surface area contributed by atoms with E-state index in [0.717, 1.165) is 34.5 Å². The van der Waals surface area contributed by atoms with E-state index in [0.29, 0.717) is 6.54 Å². The zero-order valence-electron chi connectivity index (χ0n) is 16.9. The molecular formula is C19H25F3N6O. The standard InChI is InChI=1S/C19H25F3N6O/c1-10-13(11(2)27(4)24-10)9-26(3)18(29)15-8-17-23-14(12-5-6-12)7-16(19(20,21)22)28(17)25-15/h8,12,14,16,23H,5-7,9H2,1-4H3/t14-,16+/m0/s1. The van der Waals surface area contributed by atoms with Crippen LogP contribution < -0.4 is 5.32 Å². The first kappa shape index (κ1) is 19.8. The molecule has 3 heterocycles. The van der Waals surface area contributed by atoms with Crippen LogP contribution in [0.3, 0.4) is 0 Å². The molecule has 10 heteroatoms. The predicted molar refractivity (Wildman–Crippen MR) is 101 cm³/mol. The smallest absolute Gasteiger partial charge is 0.367 e. The van der Waals surface area contributed by atoms with Crippen molar-refractivity contribution < 1.29 is 18.0 Å². The second-order valence-corrected chi connectivity index (χ2v) is 8.17. The van der Waals surface area contributed by atoms with E-state index in [-0.39, 0.29) is 29.9 Å². The van der Waals surface area contributed by atoms with E-state index >= 15 is 0 Å². The van der Waals surface area contributed by atoms with Gasteiger partial charge in [-0.25, -0.2) is 4.68 Å². The fourth-order valence-electron chi connectivity index (χ4n) is 4.07. The lowest BCUT2D eigenvalue weighted by molar-refractivity contribution is -0.174. The number of aromatic nitrogens is 4. The normalized spacial score (nSPS) is 21.6. The summed E-state index contributed by atoms with van der Waals surface area (Å²) in [5.41, 5.74) is 2.70. The third kappa shape index (κ3) is 3.60. The molecule has 0 bridgehead atoms. The average molecular weight is 410 g/mol. The first-order valence-corrected chi connectivity index (χ1v) is 9.73. The monoisotopic (exact) mass is 410 g/mol. The second-order valence-electron chi connectivity index (χ2n) is 8.17. The van der Waals surface area contributed by atoms with Crippen LogP contribution in [-0.4, -0.2) is 49.6 Å². The van der Waals surface area contributed by atoms with Gasteiger partial charge in [0.15, 0.2) is 11.7 Å². The molecule has 158 valence electrons. The fourth-order valence-corrected chi connectivity index (χ4v) is 4.07. The van der Waals surface area contributed by atoms with Gasteiger partial charge >= 0.3 is 6.18 Å². The van der Waals surface area contributed by atoms with Crippen molar-refractivity contribution in [2.45, 2.75) is 57.9 Å². The Morgan fingerprint density at radius 3 is 2.55 bits per heavy atom. The number of carbonyl (C=O) groups excluding carboxylic acids is 1. The SMILES string of the molecule is Cc1nn(C)c(C)c1CN(C)C(=O)c1cc2n(n1)[C@@H](C(F)(F)F)C[C@@H](C1CC1)N2. The van der Waals surface area contributed by atoms with Gasteiger partial charge in [0, 0.05) is 44.0 Å². The van der Waals surface area contributed by atoms with Crippen molar-refractivity contribution in [3.05, 3.63) is 28.7 Å². The van der Waals surface area contributed by atoms with E-state index < -0.39 is 18.1 Å². The third-order valence-corrected chi connectivity index (χ3v) is 6.03. The Labute approximate surface area is 166 Å². The van der Waals surface area contributed by atoms with Gasteiger partial charge in [0.1, 0.15) is 5.82 Å². The number of hydrogen-bond donors (Lipinski definition) is 1. The van der Waals surface area contributed by atoms with Crippen molar-refractivity contribution in [3.63, 3.8) is 0 Å². The number of halogens is 3. The van der Waals surface area contributed by atoms with Crippen LogP contribution in [0.25, 0.3) is 0 Å². The minimum absolute atomic E-state index is 0.0138. The molecule has 2 aromatic rings. The van der Waals surface area contributed by atoms with Crippen molar-refractivity contribution >= 4 is 11.7 Å². The van der Waals surface area contributed by atoms with E-state index in [9.17, 15) is 18.0 Å². The zero-order valence-corrected chi connectivity index (χ0v) is 16.9. The average Bonchev–Trinajstić information content (AvgIpc) is 3.36. The van der Waals surface area contributed by atoms with Crippen molar-refractivity contribution in [1.82, 2.24) is 24.5 Å². The molecule has 1 saturated carbocycles. The Bertz CT molecular complexity index is 943. The number of nitrogens with one attached hydrogen (secondary N) is 1. The summed E-state index contributed by atoms with van der Waals surface area (Å²) in [5.74, 6) is 0.114. The van der Waals surface area contributed by atoms with E-state index in [2.05, 4.69) is 15.5 Å². The molecule has 0 radical (unpaired) electrons. The topological polar surface area (TPSA) is 68.0 Å². The highest BCUT2D eigenvalue weighted by Crippen LogP contribution is 2.45. The summed E-state index contributed by atoms with van der Waals surface area (Å²) in [5, 5.41) is 11.6. The van der Waals surface area contributed by atoms with Gasteiger partial charge in [-0.3, -0.25) is 9.48 Å². The number of alkyl halides is 3. The highest BCUT2D eigenvalue weighted by Gasteiger charge is 2.49. The molecule has 2 aromatic heterocycles. The van der Waals surface area contributed by atoms with Crippen LogP contribution in [0.15, 0.2) is 6.07 Å². The summed E-state index contributed by atoms with van der Waals surface area (Å²) < 4.78 is 43.6. The highest BCUT2D eigenvalue weighted by atomic mass is 19.4. The van der Waals surface area contributed by atoms with Crippen molar-refractivity contribution in [2.75, 3.05) is 12.4 Å². The molecule has 0 unspecified atom stereocenters. The molecule has 1 N–H and O–H groups in total. The van der Waals surface area contributed by atoms with Crippen LogP contribution in [0, 0.1) is 19.8 Å². The number of hydrogen-bond acceptors (Lipinski definition) is 4. The molecule has 0 saturated heterocycles. The van der Waals surface area contributed by atoms with Crippen LogP contribution >= 0.6 is 0 Å². The maximum absolute atomic E-state index is 13.6. The molecule has 2 atom stereocenters. The number of carbonyl (C=O) groups is 1. The van der Waals surface area contributed by atoms with Crippen molar-refractivity contribution in [3.8, 4) is 0 Å². The number of aryl methyl sites for hydroxylation is 2. The van der Waals surface area contributed by atoms with Crippen molar-refractivity contribution in [2.24, 2.45) is 13.0 Å². The van der Waals surface area contributed by atoms with Crippen LogP contribution in [0.5, 0.6) is 0 Å². The van der Waals surface area contributed by atoms with E-state index in [1.807, 2.05) is 20.9 Å². The molecular weight excluding hydrogens is 385 g/mol. The van der Waals surface area contributed by atoms with E-state index in [1.165, 1.54) is 11.0 Å². The molecule has 1 aliphatic carbocycles. The molecule has 0 aromatic carbocycles. The Morgan fingerprint density at radius 2 is 2.00 bits per heavy atom. The fraction of sp³-hybridized carbons (Fsp3) is 0.632. The lowest BCUT2D eigenvalue weighted by Gasteiger charge is -2.33. The molecule has 1 amide bonds. The number of fused-ring (bicyclic) bond motifs is 1. The van der Waals surface area contributed by atoms with E-state index in [4.69, 9.17) is 0 Å². The Morgan fingerprint density at radius 1 is 1.31 bits per heavy atom. The Hall–Kier alpha value is -2.52. The van der Waals surface area contributed by atoms with Gasteiger partial charge in [-0.15, -0.1) is 0 Å². The van der Waals surface area contributed by atoms with Gasteiger partial charge in [-0.05, 0) is 39.0 Å². The van der Waals surface area contributed by atoms with E-state index in [1.54, 1.807) is 11.7 Å². The van der Waals surface area contributed by atoms with Gasteiger partial charge in [0.05, 0.1) is 5.69 Å². The minimum atomic E-state index is -4.41. The summed E-state index contributed by atoms with van der Waals surface area (Å²) in [6.45, 7) is 4.10. The first-order chi connectivity index (χ1) is 13.6. The van der Waals surface area contributed by atoms with Gasteiger partial charge in [-0.1, -0.05) is 0 Å². The summed E-state index contributed by atoms with van der Waals surface area (Å²) in [4.78, 5) is 14.4. The highest BCUT2D eigenvalue weighted by molar-refractivity contribution is 5.93. The van der Waals surface area contributed by atoms with Gasteiger partial charge in [0.25, 0.3) is 5.91 Å². The third-order valence-electron chi connectivity index (χ3n) is 6.03. The maximum atomic E-state index is 13.6. The molecule has 4 rings (SSSR count). The summed E-state index contributed by atoms with van der Waals surface area (Å²) in [7, 11) is 3.45. The Balaban J connectivity index is 1.58. The zero-order chi connectivity index (χ0) is 21.1. The van der Waals surface area contributed by atoms with Gasteiger partial charge in [0.2, 0.25) is 0 Å². The molecule has 2 aliphatic rings. The molecule has 1 aliphatic heterocycles. The van der Waals surface area contributed by atoms with Crippen LogP contribution in [-0.2, 0) is 13.6 Å². The maximum Gasteiger partial charge on any atom is 0.410 e. The lowest BCUT2D eigenvalue weighted by Crippen LogP contribution is -2.40. The Kier molecular flexibility index (Phi) is 4.62. The largest absolute Gasteiger partial charge is 0.410 e. The number of anilines is 1. The van der Waals surface area contributed by atoms with Crippen LogP contribution in [0.2, 0.25) is 0 Å². The van der Waals surface area contributed by atoms with Gasteiger partial charge in [-0.2, -0.15) is 23.4 Å². The lowest BCUT2D eigenvalue weighted by atomic mass is 10.0. The quantitative estimate of drug-likeness (QED) is 0.841.